The molecule has 1 aromatic heterocycles. The van der Waals surface area contributed by atoms with Gasteiger partial charge in [0.2, 0.25) is 5.91 Å². The van der Waals surface area contributed by atoms with Crippen molar-refractivity contribution in [1.29, 1.82) is 0 Å². The van der Waals surface area contributed by atoms with Gasteiger partial charge in [0.05, 0.1) is 6.42 Å². The molecule has 0 aromatic carbocycles. The van der Waals surface area contributed by atoms with Gasteiger partial charge in [-0.1, -0.05) is 6.07 Å². The molecule has 1 rings (SSSR count). The third-order valence-electron chi connectivity index (χ3n) is 2.29. The summed E-state index contributed by atoms with van der Waals surface area (Å²) in [6, 6.07) is 3.13. The van der Waals surface area contributed by atoms with Crippen molar-refractivity contribution in [3.8, 4) is 0 Å². The number of aromatic nitrogens is 1. The van der Waals surface area contributed by atoms with E-state index in [-0.39, 0.29) is 5.82 Å². The second kappa shape index (κ2) is 4.93. The van der Waals surface area contributed by atoms with Gasteiger partial charge in [0.1, 0.15) is 5.82 Å². The zero-order chi connectivity index (χ0) is 14.0. The minimum absolute atomic E-state index is 0.142. The van der Waals surface area contributed by atoms with Gasteiger partial charge in [-0.3, -0.25) is 4.79 Å². The average molecular weight is 262 g/mol. The highest BCUT2D eigenvalue weighted by atomic mass is 19.4. The minimum atomic E-state index is -4.86. The molecule has 1 aromatic rings. The summed E-state index contributed by atoms with van der Waals surface area (Å²) in [5, 5.41) is 11.3. The predicted molar refractivity (Wildman–Crippen MR) is 58.9 cm³/mol. The third-order valence-corrected chi connectivity index (χ3v) is 2.29. The zero-order valence-corrected chi connectivity index (χ0v) is 9.88. The van der Waals surface area contributed by atoms with E-state index in [4.69, 9.17) is 5.11 Å². The molecule has 0 spiro atoms. The maximum atomic E-state index is 12.3. The smallest absolute Gasteiger partial charge is 0.380 e. The fourth-order valence-electron chi connectivity index (χ4n) is 1.14. The van der Waals surface area contributed by atoms with Crippen molar-refractivity contribution in [2.45, 2.75) is 32.0 Å². The number of carbonyl (C=O) groups excluding carboxylic acids is 1. The van der Waals surface area contributed by atoms with Crippen molar-refractivity contribution in [2.24, 2.45) is 0 Å². The molecule has 0 bridgehead atoms. The second-order valence-electron chi connectivity index (χ2n) is 4.22. The number of anilines is 1. The van der Waals surface area contributed by atoms with Crippen molar-refractivity contribution in [3.63, 3.8) is 0 Å². The Morgan fingerprint density at radius 3 is 2.50 bits per heavy atom. The standard InChI is InChI=1S/C11H13F3N2O2/c1-7-3-4-8(15-6-7)16-9(17)5-10(2,18)11(12,13)14/h3-4,6,18H,5H2,1-2H3,(H,15,16,17). The quantitative estimate of drug-likeness (QED) is 0.876. The average Bonchev–Trinajstić information content (AvgIpc) is 2.19. The molecule has 2 N–H and O–H groups in total. The molecule has 1 atom stereocenters. The summed E-state index contributed by atoms with van der Waals surface area (Å²) >= 11 is 0. The number of pyridine rings is 1. The topological polar surface area (TPSA) is 62.2 Å². The van der Waals surface area contributed by atoms with E-state index in [1.165, 1.54) is 12.3 Å². The van der Waals surface area contributed by atoms with Gasteiger partial charge in [-0.05, 0) is 25.5 Å². The summed E-state index contributed by atoms with van der Waals surface area (Å²) in [6.45, 7) is 2.34. The first-order chi connectivity index (χ1) is 8.12. The van der Waals surface area contributed by atoms with Crippen molar-refractivity contribution in [1.82, 2.24) is 4.98 Å². The molecule has 0 aliphatic carbocycles. The molecule has 0 aliphatic rings. The molecule has 18 heavy (non-hydrogen) atoms. The van der Waals surface area contributed by atoms with E-state index < -0.39 is 24.1 Å². The summed E-state index contributed by atoms with van der Waals surface area (Å²) in [5.74, 6) is -0.808. The number of amides is 1. The zero-order valence-electron chi connectivity index (χ0n) is 9.88. The molecule has 1 amide bonds. The van der Waals surface area contributed by atoms with Crippen LogP contribution in [0.5, 0.6) is 0 Å². The molecular formula is C11H13F3N2O2. The van der Waals surface area contributed by atoms with E-state index in [1.54, 1.807) is 13.0 Å². The highest BCUT2D eigenvalue weighted by Crippen LogP contribution is 2.32. The van der Waals surface area contributed by atoms with Gasteiger partial charge in [0.15, 0.2) is 5.60 Å². The molecule has 7 heteroatoms. The monoisotopic (exact) mass is 262 g/mol. The Morgan fingerprint density at radius 1 is 1.44 bits per heavy atom. The summed E-state index contributed by atoms with van der Waals surface area (Å²) in [6.07, 6.45) is -4.46. The highest BCUT2D eigenvalue weighted by Gasteiger charge is 2.50. The van der Waals surface area contributed by atoms with Crippen LogP contribution in [0.15, 0.2) is 18.3 Å². The van der Waals surface area contributed by atoms with Gasteiger partial charge in [0.25, 0.3) is 0 Å². The lowest BCUT2D eigenvalue weighted by Gasteiger charge is -2.25. The highest BCUT2D eigenvalue weighted by molar-refractivity contribution is 5.90. The fraction of sp³-hybridized carbons (Fsp3) is 0.455. The Bertz CT molecular complexity index is 427. The van der Waals surface area contributed by atoms with Gasteiger partial charge < -0.3 is 10.4 Å². The van der Waals surface area contributed by atoms with Crippen LogP contribution in [0, 0.1) is 6.92 Å². The number of rotatable bonds is 3. The van der Waals surface area contributed by atoms with Gasteiger partial charge in [0, 0.05) is 6.20 Å². The maximum Gasteiger partial charge on any atom is 0.417 e. The Morgan fingerprint density at radius 2 is 2.06 bits per heavy atom. The van der Waals surface area contributed by atoms with Crippen LogP contribution in [-0.4, -0.2) is 27.8 Å². The van der Waals surface area contributed by atoms with Crippen LogP contribution >= 0.6 is 0 Å². The van der Waals surface area contributed by atoms with Crippen LogP contribution in [0.3, 0.4) is 0 Å². The summed E-state index contributed by atoms with van der Waals surface area (Å²) in [4.78, 5) is 15.2. The van der Waals surface area contributed by atoms with E-state index in [1.807, 2.05) is 0 Å². The molecule has 100 valence electrons. The summed E-state index contributed by atoms with van der Waals surface area (Å²) in [5.41, 5.74) is -2.20. The summed E-state index contributed by atoms with van der Waals surface area (Å²) in [7, 11) is 0. The predicted octanol–water partition coefficient (Wildman–Crippen LogP) is 2.03. The number of aliphatic hydroxyl groups is 1. The second-order valence-corrected chi connectivity index (χ2v) is 4.22. The first-order valence-electron chi connectivity index (χ1n) is 5.13. The third kappa shape index (κ3) is 3.69. The maximum absolute atomic E-state index is 12.3. The molecule has 0 aliphatic heterocycles. The van der Waals surface area contributed by atoms with E-state index >= 15 is 0 Å². The minimum Gasteiger partial charge on any atom is -0.380 e. The first kappa shape index (κ1) is 14.4. The van der Waals surface area contributed by atoms with Crippen molar-refractivity contribution in [3.05, 3.63) is 23.9 Å². The normalized spacial score (nSPS) is 15.0. The van der Waals surface area contributed by atoms with E-state index in [9.17, 15) is 18.0 Å². The van der Waals surface area contributed by atoms with E-state index in [2.05, 4.69) is 10.3 Å². The molecular weight excluding hydrogens is 249 g/mol. The van der Waals surface area contributed by atoms with Gasteiger partial charge in [-0.15, -0.1) is 0 Å². The molecule has 4 nitrogen and oxygen atoms in total. The van der Waals surface area contributed by atoms with E-state index in [0.717, 1.165) is 5.56 Å². The Labute approximate surface area is 102 Å². The van der Waals surface area contributed by atoms with Crippen molar-refractivity contribution >= 4 is 11.7 Å². The number of hydrogen-bond acceptors (Lipinski definition) is 3. The fourth-order valence-corrected chi connectivity index (χ4v) is 1.14. The molecule has 0 saturated carbocycles. The van der Waals surface area contributed by atoms with Crippen LogP contribution in [0.1, 0.15) is 18.9 Å². The lowest BCUT2D eigenvalue weighted by molar-refractivity contribution is -0.252. The number of hydrogen-bond donors (Lipinski definition) is 2. The Kier molecular flexibility index (Phi) is 3.95. The number of nitrogens with zero attached hydrogens (tertiary/aromatic N) is 1. The first-order valence-corrected chi connectivity index (χ1v) is 5.13. The van der Waals surface area contributed by atoms with Crippen LogP contribution in [0.4, 0.5) is 19.0 Å². The number of carbonyl (C=O) groups is 1. The number of nitrogens with one attached hydrogen (secondary N) is 1. The van der Waals surface area contributed by atoms with Crippen LogP contribution < -0.4 is 5.32 Å². The van der Waals surface area contributed by atoms with E-state index in [0.29, 0.717) is 6.92 Å². The molecule has 0 radical (unpaired) electrons. The van der Waals surface area contributed by atoms with Crippen LogP contribution in [-0.2, 0) is 4.79 Å². The lowest BCUT2D eigenvalue weighted by Crippen LogP contribution is -2.44. The molecule has 1 unspecified atom stereocenters. The number of halogens is 3. The van der Waals surface area contributed by atoms with Crippen molar-refractivity contribution in [2.75, 3.05) is 5.32 Å². The summed E-state index contributed by atoms with van der Waals surface area (Å²) < 4.78 is 37.0. The Balaban J connectivity index is 2.65. The van der Waals surface area contributed by atoms with Crippen molar-refractivity contribution < 1.29 is 23.1 Å². The lowest BCUT2D eigenvalue weighted by atomic mass is 10.0. The van der Waals surface area contributed by atoms with Crippen LogP contribution in [0.25, 0.3) is 0 Å². The number of alkyl halides is 3. The molecule has 0 fully saturated rings. The largest absolute Gasteiger partial charge is 0.417 e. The van der Waals surface area contributed by atoms with Crippen LogP contribution in [0.2, 0.25) is 0 Å². The van der Waals surface area contributed by atoms with Gasteiger partial charge in [-0.25, -0.2) is 4.98 Å². The van der Waals surface area contributed by atoms with Gasteiger partial charge >= 0.3 is 6.18 Å². The van der Waals surface area contributed by atoms with Gasteiger partial charge in [-0.2, -0.15) is 13.2 Å². The number of aryl methyl sites for hydroxylation is 1. The molecule has 0 saturated heterocycles. The Hall–Kier alpha value is -1.63. The SMILES string of the molecule is Cc1ccc(NC(=O)CC(C)(O)C(F)(F)F)nc1. The molecule has 1 heterocycles.